The van der Waals surface area contributed by atoms with Gasteiger partial charge in [-0.25, -0.2) is 0 Å². The third-order valence-corrected chi connectivity index (χ3v) is 3.54. The van der Waals surface area contributed by atoms with Crippen molar-refractivity contribution in [1.82, 2.24) is 0 Å². The fourth-order valence-corrected chi connectivity index (χ4v) is 2.54. The van der Waals surface area contributed by atoms with E-state index < -0.39 is 6.10 Å². The van der Waals surface area contributed by atoms with Crippen LogP contribution in [0.25, 0.3) is 10.8 Å². The van der Waals surface area contributed by atoms with E-state index in [-0.39, 0.29) is 0 Å². The molecule has 20 heavy (non-hydrogen) atoms. The molecule has 0 saturated heterocycles. The van der Waals surface area contributed by atoms with E-state index in [0.29, 0.717) is 5.75 Å². The number of fused-ring (bicyclic) bond motifs is 1. The van der Waals surface area contributed by atoms with E-state index >= 15 is 0 Å². The Kier molecular flexibility index (Phi) is 3.40. The number of methoxy groups -OCH3 is 1. The first-order valence-corrected chi connectivity index (χ1v) is 6.60. The van der Waals surface area contributed by atoms with Gasteiger partial charge >= 0.3 is 0 Å². The van der Waals surface area contributed by atoms with Crippen LogP contribution in [-0.4, -0.2) is 12.2 Å². The van der Waals surface area contributed by atoms with Crippen LogP contribution >= 0.6 is 0 Å². The second-order valence-electron chi connectivity index (χ2n) is 4.72. The highest BCUT2D eigenvalue weighted by atomic mass is 16.5. The minimum absolute atomic E-state index is 0.697. The molecular weight excluding hydrogens is 248 g/mol. The lowest BCUT2D eigenvalue weighted by Crippen LogP contribution is -2.03. The number of ether oxygens (including phenoxy) is 1. The Morgan fingerprint density at radius 2 is 1.55 bits per heavy atom. The van der Waals surface area contributed by atoms with E-state index in [0.717, 1.165) is 21.9 Å². The molecule has 2 heteroatoms. The second kappa shape index (κ2) is 5.35. The number of hydrogen-bond donors (Lipinski definition) is 1. The number of benzene rings is 3. The maximum atomic E-state index is 10.7. The average molecular weight is 264 g/mol. The number of aliphatic hydroxyl groups is 1. The Balaban J connectivity index is 2.23. The smallest absolute Gasteiger partial charge is 0.125 e. The first kappa shape index (κ1) is 12.7. The Bertz CT molecular complexity index is 720. The van der Waals surface area contributed by atoms with E-state index in [4.69, 9.17) is 4.74 Å². The Morgan fingerprint density at radius 3 is 2.30 bits per heavy atom. The predicted molar refractivity (Wildman–Crippen MR) is 81.0 cm³/mol. The van der Waals surface area contributed by atoms with Gasteiger partial charge < -0.3 is 9.84 Å². The molecule has 2 nitrogen and oxygen atoms in total. The van der Waals surface area contributed by atoms with Gasteiger partial charge in [-0.1, -0.05) is 60.7 Å². The van der Waals surface area contributed by atoms with Gasteiger partial charge in [0.25, 0.3) is 0 Å². The molecular formula is C18H16O2. The van der Waals surface area contributed by atoms with Crippen LogP contribution in [0.3, 0.4) is 0 Å². The van der Waals surface area contributed by atoms with Crippen molar-refractivity contribution in [2.24, 2.45) is 0 Å². The largest absolute Gasteiger partial charge is 0.496 e. The summed E-state index contributed by atoms with van der Waals surface area (Å²) < 4.78 is 5.44. The molecule has 100 valence electrons. The van der Waals surface area contributed by atoms with E-state index in [9.17, 15) is 5.11 Å². The highest BCUT2D eigenvalue weighted by molar-refractivity contribution is 5.88. The zero-order valence-corrected chi connectivity index (χ0v) is 11.3. The molecule has 0 aliphatic rings. The van der Waals surface area contributed by atoms with Crippen LogP contribution in [0.1, 0.15) is 17.2 Å². The van der Waals surface area contributed by atoms with Crippen molar-refractivity contribution >= 4 is 10.8 Å². The lowest BCUT2D eigenvalue weighted by atomic mass is 9.95. The lowest BCUT2D eigenvalue weighted by Gasteiger charge is -2.17. The standard InChI is InChI=1S/C18H16O2/c1-20-16-12-11-13-7-5-6-10-15(13)17(16)18(19)14-8-3-2-4-9-14/h2-12,18-19H,1H3. The molecule has 3 aromatic rings. The summed E-state index contributed by atoms with van der Waals surface area (Å²) in [5.74, 6) is 0.708. The fourth-order valence-electron chi connectivity index (χ4n) is 2.54. The van der Waals surface area contributed by atoms with Gasteiger partial charge in [0.1, 0.15) is 11.9 Å². The molecule has 0 bridgehead atoms. The molecule has 0 spiro atoms. The summed E-state index contributed by atoms with van der Waals surface area (Å²) >= 11 is 0. The first-order valence-electron chi connectivity index (χ1n) is 6.60. The van der Waals surface area contributed by atoms with Gasteiger partial charge in [-0.3, -0.25) is 0 Å². The van der Waals surface area contributed by atoms with E-state index in [1.54, 1.807) is 7.11 Å². The highest BCUT2D eigenvalue weighted by Gasteiger charge is 2.18. The molecule has 0 amide bonds. The van der Waals surface area contributed by atoms with Crippen LogP contribution in [0, 0.1) is 0 Å². The van der Waals surface area contributed by atoms with Gasteiger partial charge in [-0.2, -0.15) is 0 Å². The summed E-state index contributed by atoms with van der Waals surface area (Å²) in [7, 11) is 1.63. The number of rotatable bonds is 3. The molecule has 0 fully saturated rings. The molecule has 3 rings (SSSR count). The molecule has 1 atom stereocenters. The van der Waals surface area contributed by atoms with Crippen molar-refractivity contribution in [3.63, 3.8) is 0 Å². The summed E-state index contributed by atoms with van der Waals surface area (Å²) in [6.07, 6.45) is -0.697. The molecule has 0 aliphatic heterocycles. The maximum Gasteiger partial charge on any atom is 0.125 e. The molecule has 0 aliphatic carbocycles. The Hall–Kier alpha value is -2.32. The van der Waals surface area contributed by atoms with Crippen LogP contribution in [0.4, 0.5) is 0 Å². The molecule has 0 aromatic heterocycles. The van der Waals surface area contributed by atoms with Crippen molar-refractivity contribution < 1.29 is 9.84 Å². The van der Waals surface area contributed by atoms with Crippen molar-refractivity contribution in [2.75, 3.05) is 7.11 Å². The maximum absolute atomic E-state index is 10.7. The summed E-state index contributed by atoms with van der Waals surface area (Å²) in [5.41, 5.74) is 1.68. The number of hydrogen-bond acceptors (Lipinski definition) is 2. The summed E-state index contributed by atoms with van der Waals surface area (Å²) in [5, 5.41) is 12.8. The van der Waals surface area contributed by atoms with Gasteiger partial charge in [0, 0.05) is 5.56 Å². The lowest BCUT2D eigenvalue weighted by molar-refractivity contribution is 0.216. The van der Waals surface area contributed by atoms with Crippen molar-refractivity contribution in [1.29, 1.82) is 0 Å². The number of aliphatic hydroxyl groups excluding tert-OH is 1. The van der Waals surface area contributed by atoms with Crippen LogP contribution < -0.4 is 4.74 Å². The molecule has 0 radical (unpaired) electrons. The van der Waals surface area contributed by atoms with E-state index in [1.165, 1.54) is 0 Å². The van der Waals surface area contributed by atoms with Crippen molar-refractivity contribution in [3.8, 4) is 5.75 Å². The van der Waals surface area contributed by atoms with Gasteiger partial charge in [0.2, 0.25) is 0 Å². The first-order chi connectivity index (χ1) is 9.81. The van der Waals surface area contributed by atoms with Gasteiger partial charge in [-0.15, -0.1) is 0 Å². The molecule has 3 aromatic carbocycles. The average Bonchev–Trinajstić information content (AvgIpc) is 2.54. The molecule has 0 heterocycles. The van der Waals surface area contributed by atoms with Gasteiger partial charge in [0.15, 0.2) is 0 Å². The van der Waals surface area contributed by atoms with Crippen molar-refractivity contribution in [2.45, 2.75) is 6.10 Å². The van der Waals surface area contributed by atoms with E-state index in [1.807, 2.05) is 66.7 Å². The predicted octanol–water partition coefficient (Wildman–Crippen LogP) is 3.93. The molecule has 1 N–H and O–H groups in total. The van der Waals surface area contributed by atoms with Gasteiger partial charge in [0.05, 0.1) is 7.11 Å². The van der Waals surface area contributed by atoms with Gasteiger partial charge in [-0.05, 0) is 22.4 Å². The normalized spacial score (nSPS) is 12.3. The summed E-state index contributed by atoms with van der Waals surface area (Å²) in [4.78, 5) is 0. The van der Waals surface area contributed by atoms with Crippen LogP contribution in [0.2, 0.25) is 0 Å². The monoisotopic (exact) mass is 264 g/mol. The quantitative estimate of drug-likeness (QED) is 0.776. The third-order valence-electron chi connectivity index (χ3n) is 3.54. The minimum Gasteiger partial charge on any atom is -0.496 e. The van der Waals surface area contributed by atoms with Crippen LogP contribution in [0.15, 0.2) is 66.7 Å². The minimum atomic E-state index is -0.697. The highest BCUT2D eigenvalue weighted by Crippen LogP contribution is 2.36. The topological polar surface area (TPSA) is 29.5 Å². The van der Waals surface area contributed by atoms with Crippen LogP contribution in [-0.2, 0) is 0 Å². The Labute approximate surface area is 118 Å². The van der Waals surface area contributed by atoms with Crippen LogP contribution in [0.5, 0.6) is 5.75 Å². The summed E-state index contributed by atoms with van der Waals surface area (Å²) in [6, 6.07) is 21.6. The molecule has 0 saturated carbocycles. The van der Waals surface area contributed by atoms with E-state index in [2.05, 4.69) is 0 Å². The third kappa shape index (κ3) is 2.15. The Morgan fingerprint density at radius 1 is 0.850 bits per heavy atom. The summed E-state index contributed by atoms with van der Waals surface area (Å²) in [6.45, 7) is 0. The van der Waals surface area contributed by atoms with Crippen molar-refractivity contribution in [3.05, 3.63) is 77.9 Å². The fraction of sp³-hybridized carbons (Fsp3) is 0.111. The molecule has 1 unspecified atom stereocenters. The second-order valence-corrected chi connectivity index (χ2v) is 4.72. The zero-order valence-electron chi connectivity index (χ0n) is 11.3. The zero-order chi connectivity index (χ0) is 13.9. The SMILES string of the molecule is COc1ccc2ccccc2c1C(O)c1ccccc1.